The van der Waals surface area contributed by atoms with Crippen molar-refractivity contribution in [2.45, 2.75) is 70.9 Å². The lowest BCUT2D eigenvalue weighted by Crippen LogP contribution is -2.42. The van der Waals surface area contributed by atoms with Crippen LogP contribution in [0.1, 0.15) is 64.2 Å². The fourth-order valence-electron chi connectivity index (χ4n) is 3.65. The number of nitrogens with zero attached hydrogens (tertiary/aromatic N) is 2. The molecule has 0 saturated carbocycles. The number of piperidine rings is 1. The Bertz CT molecular complexity index is 790. The first-order valence-corrected chi connectivity index (χ1v) is 11.5. The molecule has 1 aromatic rings. The van der Waals surface area contributed by atoms with Gasteiger partial charge in [-0.05, 0) is 57.7 Å². The number of carbonyl (C=O) groups excluding carboxylic acids is 1. The Labute approximate surface area is 169 Å². The number of sulfonamides is 1. The largest absolute Gasteiger partial charge is 0.495 e. The molecular weight excluding hydrogens is 376 g/mol. The molecule has 1 unspecified atom stereocenters. The maximum absolute atomic E-state index is 13.4. The number of hydrogen-bond donors (Lipinski definition) is 0. The van der Waals surface area contributed by atoms with Crippen LogP contribution in [0.4, 0.5) is 0 Å². The Morgan fingerprint density at radius 1 is 1.25 bits per heavy atom. The third kappa shape index (κ3) is 4.87. The molecular formula is C21H34N2O4S. The average molecular weight is 411 g/mol. The molecule has 1 saturated heterocycles. The van der Waals surface area contributed by atoms with Crippen molar-refractivity contribution in [3.63, 3.8) is 0 Å². The van der Waals surface area contributed by atoms with Gasteiger partial charge in [0, 0.05) is 30.7 Å². The van der Waals surface area contributed by atoms with Gasteiger partial charge >= 0.3 is 0 Å². The zero-order chi connectivity index (χ0) is 21.1. The molecule has 1 aliphatic rings. The molecule has 0 aliphatic carbocycles. The Morgan fingerprint density at radius 2 is 1.93 bits per heavy atom. The molecule has 1 amide bonds. The van der Waals surface area contributed by atoms with Gasteiger partial charge in [0.15, 0.2) is 0 Å². The minimum atomic E-state index is -3.74. The SMILES string of the molecule is COc1ccc(C(=O)N(CC(C)C)C(C)C)cc1S(=O)(=O)N1CCCCC1C. The van der Waals surface area contributed by atoms with Crippen molar-refractivity contribution in [2.75, 3.05) is 20.2 Å². The average Bonchev–Trinajstić information content (AvgIpc) is 2.64. The van der Waals surface area contributed by atoms with Gasteiger partial charge in [0.25, 0.3) is 5.91 Å². The number of rotatable bonds is 7. The highest BCUT2D eigenvalue weighted by Crippen LogP contribution is 2.32. The second-order valence-electron chi connectivity index (χ2n) is 8.27. The summed E-state index contributed by atoms with van der Waals surface area (Å²) in [5, 5.41) is 0. The molecule has 0 N–H and O–H groups in total. The number of ether oxygens (including phenoxy) is 1. The van der Waals surface area contributed by atoms with E-state index in [2.05, 4.69) is 13.8 Å². The molecule has 1 aliphatic heterocycles. The lowest BCUT2D eigenvalue weighted by molar-refractivity contribution is 0.0681. The molecule has 2 rings (SSSR count). The summed E-state index contributed by atoms with van der Waals surface area (Å²) in [5.74, 6) is 0.436. The van der Waals surface area contributed by atoms with E-state index < -0.39 is 10.0 Å². The second kappa shape index (κ2) is 9.27. The van der Waals surface area contributed by atoms with Gasteiger partial charge in [-0.15, -0.1) is 0 Å². The predicted molar refractivity (Wildman–Crippen MR) is 111 cm³/mol. The lowest BCUT2D eigenvalue weighted by Gasteiger charge is -2.33. The molecule has 0 bridgehead atoms. The number of amides is 1. The fourth-order valence-corrected chi connectivity index (χ4v) is 5.54. The normalized spacial score (nSPS) is 18.5. The Morgan fingerprint density at radius 3 is 2.46 bits per heavy atom. The minimum Gasteiger partial charge on any atom is -0.495 e. The summed E-state index contributed by atoms with van der Waals surface area (Å²) in [5.41, 5.74) is 0.374. The monoisotopic (exact) mass is 410 g/mol. The summed E-state index contributed by atoms with van der Waals surface area (Å²) in [6.45, 7) is 11.1. The van der Waals surface area contributed by atoms with Gasteiger partial charge in [0.1, 0.15) is 10.6 Å². The van der Waals surface area contributed by atoms with Crippen molar-refractivity contribution in [1.82, 2.24) is 9.21 Å². The van der Waals surface area contributed by atoms with Crippen LogP contribution in [0.25, 0.3) is 0 Å². The van der Waals surface area contributed by atoms with Crippen LogP contribution in [0, 0.1) is 5.92 Å². The molecule has 1 heterocycles. The number of benzene rings is 1. The Kier molecular flexibility index (Phi) is 7.51. The summed E-state index contributed by atoms with van der Waals surface area (Å²) in [6.07, 6.45) is 2.72. The second-order valence-corrected chi connectivity index (χ2v) is 10.1. The molecule has 7 heteroatoms. The van der Waals surface area contributed by atoms with Crippen molar-refractivity contribution in [2.24, 2.45) is 5.92 Å². The molecule has 1 atom stereocenters. The van der Waals surface area contributed by atoms with Crippen molar-refractivity contribution < 1.29 is 17.9 Å². The highest BCUT2D eigenvalue weighted by atomic mass is 32.2. The van der Waals surface area contributed by atoms with Crippen molar-refractivity contribution >= 4 is 15.9 Å². The van der Waals surface area contributed by atoms with E-state index in [1.807, 2.05) is 20.8 Å². The topological polar surface area (TPSA) is 66.9 Å². The van der Waals surface area contributed by atoms with E-state index in [1.54, 1.807) is 17.0 Å². The number of hydrogen-bond acceptors (Lipinski definition) is 4. The van der Waals surface area contributed by atoms with Crippen LogP contribution < -0.4 is 4.74 Å². The Balaban J connectivity index is 2.47. The van der Waals surface area contributed by atoms with Gasteiger partial charge < -0.3 is 9.64 Å². The smallest absolute Gasteiger partial charge is 0.254 e. The third-order valence-electron chi connectivity index (χ3n) is 5.19. The van der Waals surface area contributed by atoms with E-state index in [-0.39, 0.29) is 28.6 Å². The van der Waals surface area contributed by atoms with E-state index in [9.17, 15) is 13.2 Å². The summed E-state index contributed by atoms with van der Waals surface area (Å²) < 4.78 is 33.6. The molecule has 28 heavy (non-hydrogen) atoms. The van der Waals surface area contributed by atoms with Crippen molar-refractivity contribution in [1.29, 1.82) is 0 Å². The van der Waals surface area contributed by atoms with Crippen molar-refractivity contribution in [3.05, 3.63) is 23.8 Å². The predicted octanol–water partition coefficient (Wildman–Crippen LogP) is 3.76. The first-order chi connectivity index (χ1) is 13.1. The van der Waals surface area contributed by atoms with Gasteiger partial charge in [-0.1, -0.05) is 20.3 Å². The van der Waals surface area contributed by atoms with Crippen LogP contribution in [-0.4, -0.2) is 55.8 Å². The minimum absolute atomic E-state index is 0.0270. The van der Waals surface area contributed by atoms with E-state index in [0.717, 1.165) is 19.3 Å². The fraction of sp³-hybridized carbons (Fsp3) is 0.667. The van der Waals surface area contributed by atoms with Crippen LogP contribution in [0.2, 0.25) is 0 Å². The first kappa shape index (κ1) is 22.7. The van der Waals surface area contributed by atoms with Gasteiger partial charge in [0.05, 0.1) is 7.11 Å². The maximum atomic E-state index is 13.4. The molecule has 158 valence electrons. The third-order valence-corrected chi connectivity index (χ3v) is 7.22. The zero-order valence-corrected chi connectivity index (χ0v) is 18.8. The van der Waals surface area contributed by atoms with E-state index in [0.29, 0.717) is 24.6 Å². The van der Waals surface area contributed by atoms with Gasteiger partial charge in [-0.2, -0.15) is 4.31 Å². The van der Waals surface area contributed by atoms with Crippen molar-refractivity contribution in [3.8, 4) is 5.75 Å². The van der Waals surface area contributed by atoms with Gasteiger partial charge in [-0.3, -0.25) is 4.79 Å². The number of methoxy groups -OCH3 is 1. The molecule has 1 aromatic carbocycles. The van der Waals surface area contributed by atoms with Crippen LogP contribution in [0.15, 0.2) is 23.1 Å². The summed E-state index contributed by atoms with van der Waals surface area (Å²) in [6, 6.07) is 4.68. The van der Waals surface area contributed by atoms with Gasteiger partial charge in [-0.25, -0.2) is 8.42 Å². The van der Waals surface area contributed by atoms with Crippen LogP contribution in [0.3, 0.4) is 0 Å². The van der Waals surface area contributed by atoms with E-state index >= 15 is 0 Å². The molecule has 0 spiro atoms. The molecule has 0 radical (unpaired) electrons. The Hall–Kier alpha value is -1.60. The van der Waals surface area contributed by atoms with Gasteiger partial charge in [0.2, 0.25) is 10.0 Å². The van der Waals surface area contributed by atoms with E-state index in [4.69, 9.17) is 4.74 Å². The summed E-state index contributed by atoms with van der Waals surface area (Å²) in [7, 11) is -2.29. The summed E-state index contributed by atoms with van der Waals surface area (Å²) >= 11 is 0. The quantitative estimate of drug-likeness (QED) is 0.686. The molecule has 1 fully saturated rings. The van der Waals surface area contributed by atoms with E-state index in [1.165, 1.54) is 17.5 Å². The molecule has 6 nitrogen and oxygen atoms in total. The standard InChI is InChI=1S/C21H34N2O4S/c1-15(2)14-22(16(3)4)21(24)18-10-11-19(27-6)20(13-18)28(25,26)23-12-8-7-9-17(23)5/h10-11,13,15-17H,7-9,12,14H2,1-6H3. The van der Waals surface area contributed by atoms with Crippen LogP contribution >= 0.6 is 0 Å². The van der Waals surface area contributed by atoms with Crippen LogP contribution in [0.5, 0.6) is 5.75 Å². The molecule has 0 aromatic heterocycles. The highest BCUT2D eigenvalue weighted by Gasteiger charge is 2.34. The lowest BCUT2D eigenvalue weighted by atomic mass is 10.1. The zero-order valence-electron chi connectivity index (χ0n) is 17.9. The summed E-state index contributed by atoms with van der Waals surface area (Å²) in [4.78, 5) is 15.0. The highest BCUT2D eigenvalue weighted by molar-refractivity contribution is 7.89. The maximum Gasteiger partial charge on any atom is 0.254 e. The number of carbonyl (C=O) groups is 1. The van der Waals surface area contributed by atoms with Crippen LogP contribution in [-0.2, 0) is 10.0 Å². The first-order valence-electron chi connectivity index (χ1n) is 10.1.